The molecule has 0 amide bonds. The van der Waals surface area contributed by atoms with E-state index in [9.17, 15) is 0 Å². The van der Waals surface area contributed by atoms with E-state index in [2.05, 4.69) is 114 Å². The van der Waals surface area contributed by atoms with Crippen LogP contribution in [0.1, 0.15) is 0 Å². The van der Waals surface area contributed by atoms with E-state index in [0.29, 0.717) is 0 Å². The van der Waals surface area contributed by atoms with Gasteiger partial charge in [-0.1, -0.05) is 103 Å². The molecule has 1 aromatic heterocycles. The van der Waals surface area contributed by atoms with Gasteiger partial charge in [0, 0.05) is 17.1 Å². The Hall–Kier alpha value is -4.23. The van der Waals surface area contributed by atoms with Crippen molar-refractivity contribution in [1.82, 2.24) is 4.98 Å². The molecule has 7 rings (SSSR count). The quantitative estimate of drug-likeness (QED) is 0.263. The number of fused-ring (bicyclic) bond motifs is 1. The largest absolute Gasteiger partial charge is 0.256 e. The molecule has 0 aliphatic heterocycles. The minimum atomic E-state index is 1.03. The van der Waals surface area contributed by atoms with E-state index in [1.807, 2.05) is 6.20 Å². The van der Waals surface area contributed by atoms with Crippen LogP contribution in [0.4, 0.5) is 0 Å². The maximum Gasteiger partial charge on any atom is 0.0780 e. The summed E-state index contributed by atoms with van der Waals surface area (Å²) in [7, 11) is 0. The van der Waals surface area contributed by atoms with Crippen LogP contribution in [0.3, 0.4) is 0 Å². The Morgan fingerprint density at radius 2 is 1.06 bits per heavy atom. The molecule has 0 saturated carbocycles. The molecular weight excluding hydrogens is 386 g/mol. The zero-order chi connectivity index (χ0) is 21.1. The zero-order valence-electron chi connectivity index (χ0n) is 17.4. The molecule has 0 fully saturated rings. The van der Waals surface area contributed by atoms with Gasteiger partial charge in [-0.05, 0) is 54.9 Å². The van der Waals surface area contributed by atoms with Crippen LogP contribution < -0.4 is 0 Å². The van der Waals surface area contributed by atoms with Gasteiger partial charge in [-0.2, -0.15) is 0 Å². The predicted molar refractivity (Wildman–Crippen MR) is 136 cm³/mol. The number of benzene rings is 6. The highest BCUT2D eigenvalue weighted by Crippen LogP contribution is 2.39. The molecule has 6 aromatic carbocycles. The Morgan fingerprint density at radius 3 is 1.91 bits per heavy atom. The van der Waals surface area contributed by atoms with Crippen molar-refractivity contribution in [3.05, 3.63) is 115 Å². The molecule has 0 saturated heterocycles. The second kappa shape index (κ2) is 6.63. The van der Waals surface area contributed by atoms with E-state index >= 15 is 0 Å². The lowest BCUT2D eigenvalue weighted by molar-refractivity contribution is 1.36. The molecule has 0 atom stereocenters. The number of rotatable bonds is 2. The fourth-order valence-electron chi connectivity index (χ4n) is 5.14. The summed E-state index contributed by atoms with van der Waals surface area (Å²) >= 11 is 0. The van der Waals surface area contributed by atoms with Gasteiger partial charge < -0.3 is 0 Å². The lowest BCUT2D eigenvalue weighted by Crippen LogP contribution is -1.88. The molecule has 0 spiro atoms. The number of hydrogen-bond acceptors (Lipinski definition) is 1. The summed E-state index contributed by atoms with van der Waals surface area (Å²) < 4.78 is 0. The molecule has 7 aromatic rings. The Bertz CT molecular complexity index is 1740. The van der Waals surface area contributed by atoms with Crippen LogP contribution in [0.5, 0.6) is 0 Å². The third kappa shape index (κ3) is 2.48. The van der Waals surface area contributed by atoms with Gasteiger partial charge in [0.05, 0.1) is 5.69 Å². The summed E-state index contributed by atoms with van der Waals surface area (Å²) in [6.45, 7) is 0. The van der Waals surface area contributed by atoms with E-state index in [1.54, 1.807) is 0 Å². The third-order valence-corrected chi connectivity index (χ3v) is 6.67. The molecule has 0 unspecified atom stereocenters. The number of hydrogen-bond donors (Lipinski definition) is 0. The van der Waals surface area contributed by atoms with Crippen LogP contribution in [0, 0.1) is 0 Å². The zero-order valence-corrected chi connectivity index (χ0v) is 17.4. The topological polar surface area (TPSA) is 12.9 Å². The lowest BCUT2D eigenvalue weighted by Gasteiger charge is -2.14. The minimum absolute atomic E-state index is 1.03. The second-order valence-corrected chi connectivity index (χ2v) is 8.43. The van der Waals surface area contributed by atoms with Gasteiger partial charge in [-0.25, -0.2) is 0 Å². The highest BCUT2D eigenvalue weighted by Gasteiger charge is 2.12. The standard InChI is InChI=1S/C31H19N/c1-2-7-27-20(4-1)18-19-32-31(27)25-12-8-21(9-13-25)26-16-14-24-11-10-22-5-3-6-23-15-17-28(26)30(24)29(22)23/h1-19H. The molecule has 0 radical (unpaired) electrons. The van der Waals surface area contributed by atoms with E-state index in [1.165, 1.54) is 54.2 Å². The Labute approximate surface area is 185 Å². The highest BCUT2D eigenvalue weighted by molar-refractivity contribution is 6.25. The average Bonchev–Trinajstić information content (AvgIpc) is 2.87. The highest BCUT2D eigenvalue weighted by atomic mass is 14.7. The summed E-state index contributed by atoms with van der Waals surface area (Å²) in [5, 5.41) is 10.3. The van der Waals surface area contributed by atoms with Crippen molar-refractivity contribution in [1.29, 1.82) is 0 Å². The van der Waals surface area contributed by atoms with Crippen LogP contribution in [-0.2, 0) is 0 Å². The third-order valence-electron chi connectivity index (χ3n) is 6.67. The summed E-state index contributed by atoms with van der Waals surface area (Å²) in [5.41, 5.74) is 4.67. The maximum atomic E-state index is 4.68. The normalized spacial score (nSPS) is 11.8. The molecule has 1 heteroatoms. The number of aromatic nitrogens is 1. The van der Waals surface area contributed by atoms with Crippen LogP contribution in [0.15, 0.2) is 115 Å². The first-order valence-corrected chi connectivity index (χ1v) is 11.0. The molecule has 0 aliphatic rings. The first-order chi connectivity index (χ1) is 15.9. The van der Waals surface area contributed by atoms with Crippen molar-refractivity contribution in [2.45, 2.75) is 0 Å². The maximum absolute atomic E-state index is 4.68. The Balaban J connectivity index is 1.42. The van der Waals surface area contributed by atoms with E-state index in [0.717, 1.165) is 11.3 Å². The molecule has 0 N–H and O–H groups in total. The van der Waals surface area contributed by atoms with Crippen LogP contribution >= 0.6 is 0 Å². The summed E-state index contributed by atoms with van der Waals surface area (Å²) in [5.74, 6) is 0. The summed E-state index contributed by atoms with van der Waals surface area (Å²) in [6, 6.07) is 39.4. The van der Waals surface area contributed by atoms with Crippen LogP contribution in [0.2, 0.25) is 0 Å². The SMILES string of the molecule is c1ccc2c(-c3ccc(-c4ccc5ccc6cccc7ccc4c5c67)cc3)nccc2c1. The van der Waals surface area contributed by atoms with Crippen molar-refractivity contribution in [2.24, 2.45) is 0 Å². The summed E-state index contributed by atoms with van der Waals surface area (Å²) in [4.78, 5) is 4.68. The summed E-state index contributed by atoms with van der Waals surface area (Å²) in [6.07, 6.45) is 1.90. The van der Waals surface area contributed by atoms with Crippen molar-refractivity contribution in [3.8, 4) is 22.4 Å². The predicted octanol–water partition coefficient (Wildman–Crippen LogP) is 8.47. The molecule has 1 nitrogen and oxygen atoms in total. The van der Waals surface area contributed by atoms with Crippen molar-refractivity contribution < 1.29 is 0 Å². The van der Waals surface area contributed by atoms with E-state index in [4.69, 9.17) is 0 Å². The van der Waals surface area contributed by atoms with Crippen LogP contribution in [-0.4, -0.2) is 4.98 Å². The van der Waals surface area contributed by atoms with E-state index < -0.39 is 0 Å². The number of nitrogens with zero attached hydrogens (tertiary/aromatic N) is 1. The van der Waals surface area contributed by atoms with Gasteiger partial charge in [0.25, 0.3) is 0 Å². The lowest BCUT2D eigenvalue weighted by atomic mass is 9.89. The Kier molecular flexibility index (Phi) is 3.62. The fraction of sp³-hybridized carbons (Fsp3) is 0. The Morgan fingerprint density at radius 1 is 0.406 bits per heavy atom. The van der Waals surface area contributed by atoms with Gasteiger partial charge in [0.2, 0.25) is 0 Å². The first kappa shape index (κ1) is 17.5. The van der Waals surface area contributed by atoms with Crippen molar-refractivity contribution >= 4 is 43.1 Å². The van der Waals surface area contributed by atoms with Gasteiger partial charge in [0.1, 0.15) is 0 Å². The van der Waals surface area contributed by atoms with Crippen molar-refractivity contribution in [3.63, 3.8) is 0 Å². The average molecular weight is 406 g/mol. The van der Waals surface area contributed by atoms with Crippen molar-refractivity contribution in [2.75, 3.05) is 0 Å². The molecule has 148 valence electrons. The second-order valence-electron chi connectivity index (χ2n) is 8.43. The number of pyridine rings is 1. The monoisotopic (exact) mass is 405 g/mol. The molecule has 0 bridgehead atoms. The molecular formula is C31H19N. The van der Waals surface area contributed by atoms with Crippen LogP contribution in [0.25, 0.3) is 65.5 Å². The molecule has 32 heavy (non-hydrogen) atoms. The first-order valence-electron chi connectivity index (χ1n) is 11.0. The van der Waals surface area contributed by atoms with Gasteiger partial charge in [-0.3, -0.25) is 4.98 Å². The van der Waals surface area contributed by atoms with E-state index in [-0.39, 0.29) is 0 Å². The molecule has 0 aliphatic carbocycles. The minimum Gasteiger partial charge on any atom is -0.256 e. The van der Waals surface area contributed by atoms with Gasteiger partial charge in [0.15, 0.2) is 0 Å². The van der Waals surface area contributed by atoms with Gasteiger partial charge >= 0.3 is 0 Å². The van der Waals surface area contributed by atoms with Gasteiger partial charge in [-0.15, -0.1) is 0 Å². The molecule has 1 heterocycles. The fourth-order valence-corrected chi connectivity index (χ4v) is 5.14. The smallest absolute Gasteiger partial charge is 0.0780 e.